The van der Waals surface area contributed by atoms with Crippen molar-refractivity contribution < 1.29 is 23.1 Å². The highest BCUT2D eigenvalue weighted by Gasteiger charge is 2.22. The molecule has 1 N–H and O–H groups in total. The molecule has 1 heterocycles. The molecule has 1 fully saturated rings. The minimum absolute atomic E-state index is 0.0224. The van der Waals surface area contributed by atoms with E-state index in [1.807, 2.05) is 0 Å². The van der Waals surface area contributed by atoms with Crippen molar-refractivity contribution in [2.24, 2.45) is 0 Å². The van der Waals surface area contributed by atoms with Crippen LogP contribution in [0.15, 0.2) is 29.4 Å². The molecular formula is C16H17F2N5O3S. The second kappa shape index (κ2) is 8.89. The number of amides is 2. The zero-order valence-corrected chi connectivity index (χ0v) is 15.0. The Labute approximate surface area is 157 Å². The van der Waals surface area contributed by atoms with E-state index in [2.05, 4.69) is 25.6 Å². The van der Waals surface area contributed by atoms with Gasteiger partial charge in [0.2, 0.25) is 11.1 Å². The number of ether oxygens (including phenoxy) is 1. The van der Waals surface area contributed by atoms with Gasteiger partial charge in [-0.15, -0.1) is 5.10 Å². The third-order valence-electron chi connectivity index (χ3n) is 4.06. The van der Waals surface area contributed by atoms with Crippen LogP contribution in [0.1, 0.15) is 42.1 Å². The number of carbonyl (C=O) groups excluding carboxylic acids is 2. The first-order valence-corrected chi connectivity index (χ1v) is 9.31. The van der Waals surface area contributed by atoms with Crippen LogP contribution >= 0.6 is 11.8 Å². The fraction of sp³-hybridized carbons (Fsp3) is 0.438. The van der Waals surface area contributed by atoms with Crippen LogP contribution in [0.25, 0.3) is 0 Å². The fourth-order valence-electron chi connectivity index (χ4n) is 2.81. The van der Waals surface area contributed by atoms with Gasteiger partial charge >= 0.3 is 6.61 Å². The number of hydrogen-bond donors (Lipinski definition) is 1. The molecule has 1 saturated carbocycles. The summed E-state index contributed by atoms with van der Waals surface area (Å²) >= 11 is 1.15. The molecule has 3 rings (SSSR count). The number of carbonyl (C=O) groups is 2. The molecule has 144 valence electrons. The number of benzene rings is 1. The molecular weight excluding hydrogens is 380 g/mol. The summed E-state index contributed by atoms with van der Waals surface area (Å²) in [5.74, 6) is -1.22. The predicted molar refractivity (Wildman–Crippen MR) is 91.6 cm³/mol. The molecule has 0 saturated heterocycles. The Kier molecular flexibility index (Phi) is 6.32. The summed E-state index contributed by atoms with van der Waals surface area (Å²) in [4.78, 5) is 24.1. The number of hydrogen-bond acceptors (Lipinski definition) is 7. The molecule has 0 radical (unpaired) electrons. The van der Waals surface area contributed by atoms with Gasteiger partial charge in [-0.05, 0) is 47.5 Å². The van der Waals surface area contributed by atoms with E-state index < -0.39 is 18.4 Å². The normalized spacial score (nSPS) is 14.5. The monoisotopic (exact) mass is 397 g/mol. The summed E-state index contributed by atoms with van der Waals surface area (Å²) < 4.78 is 30.2. The third kappa shape index (κ3) is 5.22. The molecule has 0 aliphatic heterocycles. The lowest BCUT2D eigenvalue weighted by molar-refractivity contribution is -0.117. The molecule has 1 aliphatic rings. The largest absolute Gasteiger partial charge is 0.435 e. The number of thioether (sulfide) groups is 1. The van der Waals surface area contributed by atoms with Gasteiger partial charge in [-0.1, -0.05) is 24.6 Å². The lowest BCUT2D eigenvalue weighted by Crippen LogP contribution is -2.31. The van der Waals surface area contributed by atoms with E-state index in [1.165, 1.54) is 24.3 Å². The zero-order valence-electron chi connectivity index (χ0n) is 14.2. The molecule has 2 aromatic rings. The highest BCUT2D eigenvalue weighted by molar-refractivity contribution is 7.99. The Balaban J connectivity index is 1.50. The summed E-state index contributed by atoms with van der Waals surface area (Å²) in [6, 6.07) is 5.31. The summed E-state index contributed by atoms with van der Waals surface area (Å²) in [5, 5.41) is 14.4. The maximum Gasteiger partial charge on any atom is 0.387 e. The summed E-state index contributed by atoms with van der Waals surface area (Å²) in [6.45, 7) is -2.94. The molecule has 0 unspecified atom stereocenters. The first-order valence-electron chi connectivity index (χ1n) is 8.32. The number of halogens is 2. The molecule has 27 heavy (non-hydrogen) atoms. The van der Waals surface area contributed by atoms with Gasteiger partial charge < -0.3 is 4.74 Å². The minimum Gasteiger partial charge on any atom is -0.435 e. The van der Waals surface area contributed by atoms with Gasteiger partial charge in [-0.2, -0.15) is 8.78 Å². The number of nitrogens with one attached hydrogen (secondary N) is 1. The number of imide groups is 1. The van der Waals surface area contributed by atoms with Crippen molar-refractivity contribution in [1.29, 1.82) is 0 Å². The maximum absolute atomic E-state index is 12.1. The zero-order chi connectivity index (χ0) is 19.2. The fourth-order valence-corrected chi connectivity index (χ4v) is 3.56. The Bertz CT molecular complexity index is 794. The van der Waals surface area contributed by atoms with E-state index in [0.717, 1.165) is 37.4 Å². The van der Waals surface area contributed by atoms with Gasteiger partial charge in [0.05, 0.1) is 11.8 Å². The van der Waals surface area contributed by atoms with Crippen molar-refractivity contribution in [3.63, 3.8) is 0 Å². The molecule has 1 aromatic heterocycles. The van der Waals surface area contributed by atoms with Gasteiger partial charge in [-0.25, -0.2) is 4.68 Å². The van der Waals surface area contributed by atoms with Crippen molar-refractivity contribution in [1.82, 2.24) is 25.5 Å². The van der Waals surface area contributed by atoms with Crippen LogP contribution in [-0.2, 0) is 4.79 Å². The van der Waals surface area contributed by atoms with Gasteiger partial charge in [0.15, 0.2) is 0 Å². The Morgan fingerprint density at radius 3 is 2.63 bits per heavy atom. The van der Waals surface area contributed by atoms with Crippen LogP contribution < -0.4 is 10.1 Å². The first kappa shape index (κ1) is 19.2. The van der Waals surface area contributed by atoms with Crippen molar-refractivity contribution in [2.45, 2.75) is 43.5 Å². The second-order valence-electron chi connectivity index (χ2n) is 5.91. The molecule has 8 nitrogen and oxygen atoms in total. The van der Waals surface area contributed by atoms with Crippen LogP contribution in [-0.4, -0.2) is 44.4 Å². The quantitative estimate of drug-likeness (QED) is 0.717. The third-order valence-corrected chi connectivity index (χ3v) is 4.99. The van der Waals surface area contributed by atoms with Crippen molar-refractivity contribution in [2.75, 3.05) is 5.75 Å². The SMILES string of the molecule is O=C(CSc1nnnn1C1CCCC1)NC(=O)c1ccc(OC(F)F)cc1. The standard InChI is InChI=1S/C16H17F2N5O3S/c17-15(18)26-12-7-5-10(6-8-12)14(25)19-13(24)9-27-16-20-21-22-23(16)11-3-1-2-4-11/h5-8,11,15H,1-4,9H2,(H,19,24,25). The van der Waals surface area contributed by atoms with Crippen LogP contribution in [0.5, 0.6) is 5.75 Å². The lowest BCUT2D eigenvalue weighted by Gasteiger charge is -2.10. The van der Waals surface area contributed by atoms with Crippen molar-refractivity contribution in [3.8, 4) is 5.75 Å². The van der Waals surface area contributed by atoms with E-state index in [9.17, 15) is 18.4 Å². The highest BCUT2D eigenvalue weighted by atomic mass is 32.2. The molecule has 0 bridgehead atoms. The van der Waals surface area contributed by atoms with Gasteiger partial charge in [0, 0.05) is 5.56 Å². The van der Waals surface area contributed by atoms with Crippen LogP contribution in [0, 0.1) is 0 Å². The smallest absolute Gasteiger partial charge is 0.387 e. The summed E-state index contributed by atoms with van der Waals surface area (Å²) in [7, 11) is 0. The van der Waals surface area contributed by atoms with E-state index in [0.29, 0.717) is 5.16 Å². The topological polar surface area (TPSA) is 99.0 Å². The first-order chi connectivity index (χ1) is 13.0. The number of tetrazole rings is 1. The lowest BCUT2D eigenvalue weighted by atomic mass is 10.2. The molecule has 1 aromatic carbocycles. The molecule has 1 aliphatic carbocycles. The number of rotatable bonds is 7. The Hall–Kier alpha value is -2.56. The van der Waals surface area contributed by atoms with E-state index in [1.54, 1.807) is 4.68 Å². The Morgan fingerprint density at radius 1 is 1.26 bits per heavy atom. The second-order valence-corrected chi connectivity index (χ2v) is 6.86. The van der Waals surface area contributed by atoms with Crippen LogP contribution in [0.2, 0.25) is 0 Å². The Morgan fingerprint density at radius 2 is 1.96 bits per heavy atom. The molecule has 11 heteroatoms. The van der Waals surface area contributed by atoms with Gasteiger partial charge in [0.1, 0.15) is 5.75 Å². The van der Waals surface area contributed by atoms with Crippen molar-refractivity contribution >= 4 is 23.6 Å². The van der Waals surface area contributed by atoms with E-state index >= 15 is 0 Å². The van der Waals surface area contributed by atoms with Crippen molar-refractivity contribution in [3.05, 3.63) is 29.8 Å². The number of alkyl halides is 2. The number of nitrogens with zero attached hydrogens (tertiary/aromatic N) is 4. The summed E-state index contributed by atoms with van der Waals surface area (Å²) in [6.07, 6.45) is 4.28. The predicted octanol–water partition coefficient (Wildman–Crippen LogP) is 2.44. The average Bonchev–Trinajstić information content (AvgIpc) is 3.31. The highest BCUT2D eigenvalue weighted by Crippen LogP contribution is 2.31. The molecule has 0 atom stereocenters. The van der Waals surface area contributed by atoms with E-state index in [-0.39, 0.29) is 23.1 Å². The van der Waals surface area contributed by atoms with Crippen LogP contribution in [0.3, 0.4) is 0 Å². The van der Waals surface area contributed by atoms with Crippen LogP contribution in [0.4, 0.5) is 8.78 Å². The summed E-state index contributed by atoms with van der Waals surface area (Å²) in [5.41, 5.74) is 0.158. The molecule has 2 amide bonds. The number of aromatic nitrogens is 4. The van der Waals surface area contributed by atoms with E-state index in [4.69, 9.17) is 0 Å². The maximum atomic E-state index is 12.1. The van der Waals surface area contributed by atoms with Gasteiger partial charge in [0.25, 0.3) is 5.91 Å². The van der Waals surface area contributed by atoms with Gasteiger partial charge in [-0.3, -0.25) is 14.9 Å². The average molecular weight is 397 g/mol. The minimum atomic E-state index is -2.94. The molecule has 0 spiro atoms.